The van der Waals surface area contributed by atoms with Crippen LogP contribution in [0.25, 0.3) is 0 Å². The Morgan fingerprint density at radius 2 is 2.07 bits per heavy atom. The fourth-order valence-electron chi connectivity index (χ4n) is 0.996. The van der Waals surface area contributed by atoms with E-state index in [0.717, 1.165) is 13.1 Å². The Morgan fingerprint density at radius 1 is 1.47 bits per heavy atom. The zero-order valence-electron chi connectivity index (χ0n) is 7.88. The molecule has 1 heterocycles. The highest BCUT2D eigenvalue weighted by Crippen LogP contribution is 2.33. The van der Waals surface area contributed by atoms with Gasteiger partial charge < -0.3 is 5.73 Å². The van der Waals surface area contributed by atoms with Crippen LogP contribution in [0.1, 0.15) is 28.9 Å². The minimum absolute atomic E-state index is 0.00694. The number of carbonyl (C=O) groups excluding carboxylic acids is 1. The van der Waals surface area contributed by atoms with Crippen molar-refractivity contribution in [2.24, 2.45) is 5.73 Å². The van der Waals surface area contributed by atoms with E-state index in [1.54, 1.807) is 0 Å². The van der Waals surface area contributed by atoms with E-state index in [1.165, 1.54) is 12.1 Å². The number of nitrogens with zero attached hydrogens (tertiary/aromatic N) is 1. The van der Waals surface area contributed by atoms with E-state index in [2.05, 4.69) is 4.98 Å². The van der Waals surface area contributed by atoms with E-state index < -0.39 is 18.0 Å². The van der Waals surface area contributed by atoms with Crippen molar-refractivity contribution in [1.29, 1.82) is 0 Å². The fraction of sp³-hybridized carbons (Fsp3) is 0.333. The number of amides is 1. The zero-order valence-corrected chi connectivity index (χ0v) is 7.88. The number of hydrogen-bond acceptors (Lipinski definition) is 2. The van der Waals surface area contributed by atoms with Crippen LogP contribution in [-0.2, 0) is 0 Å². The number of alkyl halides is 3. The molecule has 1 atom stereocenters. The third-order valence-corrected chi connectivity index (χ3v) is 2.03. The van der Waals surface area contributed by atoms with Crippen LogP contribution in [0.3, 0.4) is 0 Å². The van der Waals surface area contributed by atoms with Gasteiger partial charge in [0.25, 0.3) is 5.91 Å². The van der Waals surface area contributed by atoms with Crippen LogP contribution in [0.15, 0.2) is 18.3 Å². The van der Waals surface area contributed by atoms with Gasteiger partial charge in [-0.3, -0.25) is 9.78 Å². The topological polar surface area (TPSA) is 56.0 Å². The van der Waals surface area contributed by atoms with Gasteiger partial charge in [-0.15, -0.1) is 0 Å². The van der Waals surface area contributed by atoms with Crippen molar-refractivity contribution in [2.75, 3.05) is 0 Å². The van der Waals surface area contributed by atoms with Crippen molar-refractivity contribution in [1.82, 2.24) is 4.98 Å². The van der Waals surface area contributed by atoms with Crippen LogP contribution in [0.2, 0.25) is 0 Å². The van der Waals surface area contributed by atoms with Gasteiger partial charge in [0.1, 0.15) is 5.69 Å². The third-order valence-electron chi connectivity index (χ3n) is 2.03. The normalized spacial score (nSPS) is 13.6. The van der Waals surface area contributed by atoms with Gasteiger partial charge in [0.15, 0.2) is 0 Å². The van der Waals surface area contributed by atoms with E-state index in [9.17, 15) is 18.0 Å². The summed E-state index contributed by atoms with van der Waals surface area (Å²) in [5, 5.41) is 0. The molecule has 0 radical (unpaired) electrons. The van der Waals surface area contributed by atoms with Crippen molar-refractivity contribution in [2.45, 2.75) is 19.0 Å². The number of carbonyl (C=O) groups is 1. The molecule has 0 fully saturated rings. The maximum Gasteiger partial charge on any atom is 0.395 e. The summed E-state index contributed by atoms with van der Waals surface area (Å²) in [5.74, 6) is -2.37. The molecular weight excluding hydrogens is 209 g/mol. The summed E-state index contributed by atoms with van der Waals surface area (Å²) >= 11 is 0. The summed E-state index contributed by atoms with van der Waals surface area (Å²) in [6, 6.07) is 2.38. The Hall–Kier alpha value is -1.59. The SMILES string of the molecule is CC(c1ccc(C(N)=O)nc1)C(F)(F)F. The molecule has 0 aliphatic heterocycles. The van der Waals surface area contributed by atoms with Gasteiger partial charge >= 0.3 is 6.18 Å². The minimum Gasteiger partial charge on any atom is -0.364 e. The number of nitrogens with two attached hydrogens (primary N) is 1. The number of pyridine rings is 1. The third kappa shape index (κ3) is 2.68. The summed E-state index contributed by atoms with van der Waals surface area (Å²) in [7, 11) is 0. The predicted octanol–water partition coefficient (Wildman–Crippen LogP) is 1.85. The van der Waals surface area contributed by atoms with Crippen LogP contribution in [-0.4, -0.2) is 17.1 Å². The molecule has 1 aromatic rings. The number of rotatable bonds is 2. The molecule has 0 bridgehead atoms. The Morgan fingerprint density at radius 3 is 2.40 bits per heavy atom. The van der Waals surface area contributed by atoms with Gasteiger partial charge in [-0.2, -0.15) is 13.2 Å². The summed E-state index contributed by atoms with van der Waals surface area (Å²) in [6.45, 7) is 1.03. The molecule has 1 amide bonds. The monoisotopic (exact) mass is 218 g/mol. The van der Waals surface area contributed by atoms with Gasteiger partial charge in [-0.1, -0.05) is 6.07 Å². The molecule has 0 aliphatic carbocycles. The smallest absolute Gasteiger partial charge is 0.364 e. The van der Waals surface area contributed by atoms with Crippen molar-refractivity contribution >= 4 is 5.91 Å². The molecule has 3 nitrogen and oxygen atoms in total. The van der Waals surface area contributed by atoms with E-state index in [0.29, 0.717) is 0 Å². The first-order chi connectivity index (χ1) is 6.82. The van der Waals surface area contributed by atoms with Gasteiger partial charge in [0, 0.05) is 6.20 Å². The van der Waals surface area contributed by atoms with Gasteiger partial charge in [-0.25, -0.2) is 0 Å². The first-order valence-corrected chi connectivity index (χ1v) is 4.15. The standard InChI is InChI=1S/C9H9F3N2O/c1-5(9(10,11)12)6-2-3-7(8(13)15)14-4-6/h2-5H,1H3,(H2,13,15). The summed E-state index contributed by atoms with van der Waals surface area (Å²) in [4.78, 5) is 14.2. The fourth-order valence-corrected chi connectivity index (χ4v) is 0.996. The van der Waals surface area contributed by atoms with E-state index >= 15 is 0 Å². The highest BCUT2D eigenvalue weighted by molar-refractivity contribution is 5.90. The quantitative estimate of drug-likeness (QED) is 0.823. The molecule has 0 saturated carbocycles. The molecule has 0 aromatic carbocycles. The van der Waals surface area contributed by atoms with Gasteiger partial charge in [0.2, 0.25) is 0 Å². The van der Waals surface area contributed by atoms with Crippen molar-refractivity contribution < 1.29 is 18.0 Å². The van der Waals surface area contributed by atoms with Crippen LogP contribution in [0.4, 0.5) is 13.2 Å². The average Bonchev–Trinajstić information content (AvgIpc) is 2.15. The first-order valence-electron chi connectivity index (χ1n) is 4.15. The lowest BCUT2D eigenvalue weighted by atomic mass is 10.0. The van der Waals surface area contributed by atoms with Crippen LogP contribution in [0.5, 0.6) is 0 Å². The minimum atomic E-state index is -4.31. The maximum atomic E-state index is 12.3. The molecule has 2 N–H and O–H groups in total. The molecule has 1 aromatic heterocycles. The maximum absolute atomic E-state index is 12.3. The van der Waals surface area contributed by atoms with E-state index in [-0.39, 0.29) is 11.3 Å². The number of aromatic nitrogens is 1. The molecule has 82 valence electrons. The second-order valence-corrected chi connectivity index (χ2v) is 3.10. The lowest BCUT2D eigenvalue weighted by molar-refractivity contribution is -0.146. The van der Waals surface area contributed by atoms with Crippen LogP contribution in [0, 0.1) is 0 Å². The number of hydrogen-bond donors (Lipinski definition) is 1. The molecule has 0 aliphatic rings. The Kier molecular flexibility index (Phi) is 2.97. The van der Waals surface area contributed by atoms with Crippen molar-refractivity contribution in [3.8, 4) is 0 Å². The molecule has 1 unspecified atom stereocenters. The summed E-state index contributed by atoms with van der Waals surface area (Å²) in [6.07, 6.45) is -3.30. The van der Waals surface area contributed by atoms with Crippen molar-refractivity contribution in [3.05, 3.63) is 29.6 Å². The first kappa shape index (κ1) is 11.5. The van der Waals surface area contributed by atoms with E-state index in [1.807, 2.05) is 0 Å². The Labute approximate surface area is 84.1 Å². The highest BCUT2D eigenvalue weighted by Gasteiger charge is 2.37. The highest BCUT2D eigenvalue weighted by atomic mass is 19.4. The Balaban J connectivity index is 2.94. The zero-order chi connectivity index (χ0) is 11.6. The number of halogens is 3. The summed E-state index contributed by atoms with van der Waals surface area (Å²) < 4.78 is 36.8. The second kappa shape index (κ2) is 3.88. The van der Waals surface area contributed by atoms with Crippen LogP contribution >= 0.6 is 0 Å². The molecule has 6 heteroatoms. The van der Waals surface area contributed by atoms with Crippen LogP contribution < -0.4 is 5.73 Å². The lowest BCUT2D eigenvalue weighted by Gasteiger charge is -2.15. The van der Waals surface area contributed by atoms with Gasteiger partial charge in [0.05, 0.1) is 5.92 Å². The van der Waals surface area contributed by atoms with Gasteiger partial charge in [-0.05, 0) is 18.6 Å². The number of primary amides is 1. The molecule has 15 heavy (non-hydrogen) atoms. The molecule has 0 spiro atoms. The molecule has 0 saturated heterocycles. The summed E-state index contributed by atoms with van der Waals surface area (Å²) in [5.41, 5.74) is 4.86. The second-order valence-electron chi connectivity index (χ2n) is 3.10. The average molecular weight is 218 g/mol. The largest absolute Gasteiger partial charge is 0.395 e. The van der Waals surface area contributed by atoms with Crippen molar-refractivity contribution in [3.63, 3.8) is 0 Å². The predicted molar refractivity (Wildman–Crippen MR) is 47.2 cm³/mol. The van der Waals surface area contributed by atoms with E-state index in [4.69, 9.17) is 5.73 Å². The Bertz CT molecular complexity index is 359. The lowest BCUT2D eigenvalue weighted by Crippen LogP contribution is -2.19. The molecule has 1 rings (SSSR count). The molecular formula is C9H9F3N2O.